The Morgan fingerprint density at radius 3 is 2.57 bits per heavy atom. The molecule has 1 saturated carbocycles. The van der Waals surface area contributed by atoms with Crippen molar-refractivity contribution in [2.24, 2.45) is 0 Å². The molecule has 21 heavy (non-hydrogen) atoms. The minimum Gasteiger partial charge on any atom is -0.354 e. The minimum atomic E-state index is -3.15. The van der Waals surface area contributed by atoms with Crippen LogP contribution in [-0.4, -0.2) is 55.4 Å². The third kappa shape index (κ3) is 3.35. The van der Waals surface area contributed by atoms with Crippen LogP contribution in [-0.2, 0) is 10.0 Å². The molecular formula is C14H22N4O2S. The Bertz CT molecular complexity index is 598. The van der Waals surface area contributed by atoms with E-state index in [1.54, 1.807) is 7.05 Å². The molecule has 2 fully saturated rings. The van der Waals surface area contributed by atoms with Crippen LogP contribution in [0, 0.1) is 0 Å². The molecule has 6 nitrogen and oxygen atoms in total. The average molecular weight is 310 g/mol. The highest BCUT2D eigenvalue weighted by Gasteiger charge is 2.29. The first-order chi connectivity index (χ1) is 9.95. The SMILES string of the molecule is CN(C1CCCN(c2ccc(C3CC3)nn2)C1)S(C)(=O)=O. The van der Waals surface area contributed by atoms with Crippen molar-refractivity contribution in [3.63, 3.8) is 0 Å². The second-order valence-electron chi connectivity index (χ2n) is 6.11. The molecule has 1 unspecified atom stereocenters. The lowest BCUT2D eigenvalue weighted by Crippen LogP contribution is -2.48. The monoisotopic (exact) mass is 310 g/mol. The van der Waals surface area contributed by atoms with Gasteiger partial charge in [-0.25, -0.2) is 12.7 Å². The highest BCUT2D eigenvalue weighted by molar-refractivity contribution is 7.88. The highest BCUT2D eigenvalue weighted by atomic mass is 32.2. The smallest absolute Gasteiger partial charge is 0.211 e. The molecule has 1 aromatic heterocycles. The van der Waals surface area contributed by atoms with Crippen molar-refractivity contribution in [3.8, 4) is 0 Å². The standard InChI is InChI=1S/C14H22N4O2S/c1-17(21(2,19)20)12-4-3-9-18(10-12)14-8-7-13(15-16-14)11-5-6-11/h7-8,11-12H,3-6,9-10H2,1-2H3. The van der Waals surface area contributed by atoms with Gasteiger partial charge in [0.15, 0.2) is 5.82 Å². The van der Waals surface area contributed by atoms with Crippen LogP contribution in [0.5, 0.6) is 0 Å². The summed E-state index contributed by atoms with van der Waals surface area (Å²) in [5.74, 6) is 1.46. The number of sulfonamides is 1. The summed E-state index contributed by atoms with van der Waals surface area (Å²) in [7, 11) is -1.49. The van der Waals surface area contributed by atoms with Crippen molar-refractivity contribution < 1.29 is 8.42 Å². The van der Waals surface area contributed by atoms with E-state index in [9.17, 15) is 8.42 Å². The number of hydrogen-bond donors (Lipinski definition) is 0. The molecule has 2 aliphatic rings. The largest absolute Gasteiger partial charge is 0.354 e. The molecule has 116 valence electrons. The Hall–Kier alpha value is -1.21. The summed E-state index contributed by atoms with van der Waals surface area (Å²) in [4.78, 5) is 2.14. The summed E-state index contributed by atoms with van der Waals surface area (Å²) in [5, 5.41) is 8.64. The van der Waals surface area contributed by atoms with E-state index in [1.165, 1.54) is 23.4 Å². The van der Waals surface area contributed by atoms with Gasteiger partial charge in [0.25, 0.3) is 0 Å². The van der Waals surface area contributed by atoms with Crippen LogP contribution in [0.15, 0.2) is 12.1 Å². The van der Waals surface area contributed by atoms with Crippen LogP contribution in [0.2, 0.25) is 0 Å². The maximum atomic E-state index is 11.7. The van der Waals surface area contributed by atoms with Gasteiger partial charge in [0.2, 0.25) is 10.0 Å². The van der Waals surface area contributed by atoms with Gasteiger partial charge in [-0.1, -0.05) is 0 Å². The van der Waals surface area contributed by atoms with E-state index < -0.39 is 10.0 Å². The van der Waals surface area contributed by atoms with Crippen LogP contribution in [0.1, 0.15) is 37.3 Å². The van der Waals surface area contributed by atoms with E-state index >= 15 is 0 Å². The van der Waals surface area contributed by atoms with Gasteiger partial charge >= 0.3 is 0 Å². The van der Waals surface area contributed by atoms with Crippen molar-refractivity contribution in [1.82, 2.24) is 14.5 Å². The number of anilines is 1. The summed E-state index contributed by atoms with van der Waals surface area (Å²) >= 11 is 0. The van der Waals surface area contributed by atoms with Gasteiger partial charge in [0.05, 0.1) is 11.9 Å². The molecule has 1 saturated heterocycles. The fraction of sp³-hybridized carbons (Fsp3) is 0.714. The molecular weight excluding hydrogens is 288 g/mol. The van der Waals surface area contributed by atoms with Crippen LogP contribution in [0.25, 0.3) is 0 Å². The Balaban J connectivity index is 1.70. The Labute approximate surface area is 126 Å². The van der Waals surface area contributed by atoms with E-state index in [0.717, 1.165) is 30.9 Å². The first kappa shape index (κ1) is 14.7. The second kappa shape index (κ2) is 5.53. The summed E-state index contributed by atoms with van der Waals surface area (Å²) in [6.07, 6.45) is 5.57. The molecule has 1 aliphatic heterocycles. The van der Waals surface area contributed by atoms with E-state index in [4.69, 9.17) is 0 Å². The molecule has 0 amide bonds. The van der Waals surface area contributed by atoms with Gasteiger partial charge in [-0.15, -0.1) is 5.10 Å². The normalized spacial score (nSPS) is 23.6. The number of hydrogen-bond acceptors (Lipinski definition) is 5. The van der Waals surface area contributed by atoms with Crippen molar-refractivity contribution in [3.05, 3.63) is 17.8 Å². The van der Waals surface area contributed by atoms with E-state index in [-0.39, 0.29) is 6.04 Å². The van der Waals surface area contributed by atoms with Crippen molar-refractivity contribution in [2.45, 2.75) is 37.6 Å². The topological polar surface area (TPSA) is 66.4 Å². The van der Waals surface area contributed by atoms with Crippen LogP contribution in [0.3, 0.4) is 0 Å². The van der Waals surface area contributed by atoms with Gasteiger partial charge in [-0.05, 0) is 37.8 Å². The zero-order valence-electron chi connectivity index (χ0n) is 12.6. The van der Waals surface area contributed by atoms with E-state index in [0.29, 0.717) is 12.5 Å². The van der Waals surface area contributed by atoms with E-state index in [1.807, 2.05) is 6.07 Å². The summed E-state index contributed by atoms with van der Waals surface area (Å²) < 4.78 is 24.8. The lowest BCUT2D eigenvalue weighted by Gasteiger charge is -2.36. The maximum absolute atomic E-state index is 11.7. The summed E-state index contributed by atoms with van der Waals surface area (Å²) in [6, 6.07) is 4.09. The molecule has 3 rings (SSSR count). The summed E-state index contributed by atoms with van der Waals surface area (Å²) in [5.41, 5.74) is 1.08. The van der Waals surface area contributed by atoms with E-state index in [2.05, 4.69) is 21.2 Å². The van der Waals surface area contributed by atoms with Crippen LogP contribution >= 0.6 is 0 Å². The number of likely N-dealkylation sites (N-methyl/N-ethyl adjacent to an activating group) is 1. The molecule has 0 bridgehead atoms. The number of rotatable bonds is 4. The fourth-order valence-electron chi connectivity index (χ4n) is 2.83. The van der Waals surface area contributed by atoms with Gasteiger partial charge in [-0.3, -0.25) is 0 Å². The number of nitrogens with zero attached hydrogens (tertiary/aromatic N) is 4. The first-order valence-corrected chi connectivity index (χ1v) is 9.31. The third-order valence-corrected chi connectivity index (χ3v) is 5.77. The third-order valence-electron chi connectivity index (χ3n) is 4.42. The molecule has 0 aromatic carbocycles. The Morgan fingerprint density at radius 1 is 1.24 bits per heavy atom. The second-order valence-corrected chi connectivity index (χ2v) is 8.15. The average Bonchev–Trinajstić information content (AvgIpc) is 3.30. The molecule has 2 heterocycles. The molecule has 1 atom stereocenters. The van der Waals surface area contributed by atoms with Crippen LogP contribution in [0.4, 0.5) is 5.82 Å². The predicted octanol–water partition coefficient (Wildman–Crippen LogP) is 1.21. The molecule has 1 aliphatic carbocycles. The van der Waals surface area contributed by atoms with Crippen molar-refractivity contribution in [1.29, 1.82) is 0 Å². The Morgan fingerprint density at radius 2 is 2.00 bits per heavy atom. The lowest BCUT2D eigenvalue weighted by atomic mass is 10.1. The lowest BCUT2D eigenvalue weighted by molar-refractivity contribution is 0.321. The van der Waals surface area contributed by atoms with Crippen LogP contribution < -0.4 is 4.90 Å². The molecule has 0 spiro atoms. The predicted molar refractivity (Wildman–Crippen MR) is 81.8 cm³/mol. The van der Waals surface area contributed by atoms with Gasteiger partial charge < -0.3 is 4.90 Å². The maximum Gasteiger partial charge on any atom is 0.211 e. The minimum absolute atomic E-state index is 0.0126. The van der Waals surface area contributed by atoms with Gasteiger partial charge in [0, 0.05) is 32.1 Å². The number of piperidine rings is 1. The molecule has 0 N–H and O–H groups in total. The van der Waals surface area contributed by atoms with Crippen molar-refractivity contribution in [2.75, 3.05) is 31.3 Å². The summed E-state index contributed by atoms with van der Waals surface area (Å²) in [6.45, 7) is 1.59. The zero-order valence-corrected chi connectivity index (χ0v) is 13.4. The fourth-order valence-corrected chi connectivity index (χ4v) is 3.55. The van der Waals surface area contributed by atoms with Crippen molar-refractivity contribution >= 4 is 15.8 Å². The molecule has 7 heteroatoms. The van der Waals surface area contributed by atoms with Gasteiger partial charge in [-0.2, -0.15) is 5.10 Å². The Kier molecular flexibility index (Phi) is 3.88. The van der Waals surface area contributed by atoms with Gasteiger partial charge in [0.1, 0.15) is 0 Å². The number of aromatic nitrogens is 2. The molecule has 1 aromatic rings. The highest BCUT2D eigenvalue weighted by Crippen LogP contribution is 2.38. The quantitative estimate of drug-likeness (QED) is 0.836. The first-order valence-electron chi connectivity index (χ1n) is 7.47. The molecule has 0 radical (unpaired) electrons. The zero-order chi connectivity index (χ0) is 15.0.